The summed E-state index contributed by atoms with van der Waals surface area (Å²) in [5.74, 6) is 0.383. The van der Waals surface area contributed by atoms with Gasteiger partial charge in [0.05, 0.1) is 0 Å². The molecule has 0 fully saturated rings. The molecule has 1 amide bonds. The summed E-state index contributed by atoms with van der Waals surface area (Å²) in [6.07, 6.45) is 1.02. The molecule has 1 aromatic heterocycles. The van der Waals surface area contributed by atoms with E-state index in [-0.39, 0.29) is 18.5 Å². The van der Waals surface area contributed by atoms with Crippen LogP contribution in [0.1, 0.15) is 17.2 Å². The number of nitrogens with zero attached hydrogens (tertiary/aromatic N) is 4. The summed E-state index contributed by atoms with van der Waals surface area (Å²) < 4.78 is 0. The number of tetrazole rings is 1. The molecule has 7 nitrogen and oxygen atoms in total. The Balaban J connectivity index is 1.35. The second-order valence-corrected chi connectivity index (χ2v) is 6.27. The van der Waals surface area contributed by atoms with Gasteiger partial charge in [0.25, 0.3) is 0 Å². The topological polar surface area (TPSA) is 84.7 Å². The third-order valence-electron chi connectivity index (χ3n) is 4.49. The number of fused-ring (bicyclic) bond motifs is 1. The van der Waals surface area contributed by atoms with Gasteiger partial charge in [-0.2, -0.15) is 4.80 Å². The summed E-state index contributed by atoms with van der Waals surface area (Å²) in [4.78, 5) is 13.6. The van der Waals surface area contributed by atoms with Crippen LogP contribution in [0.4, 0.5) is 0 Å². The molecule has 3 aromatic rings. The average Bonchev–Trinajstić information content (AvgIpc) is 3.15. The quantitative estimate of drug-likeness (QED) is 0.727. The molecule has 1 atom stereocenters. The van der Waals surface area contributed by atoms with Crippen LogP contribution < -0.4 is 10.6 Å². The SMILES string of the molecule is O=C(Cn1nnc(-c2ccccc2)n1)NCC1NCCc2ccccc21. The zero-order valence-electron chi connectivity index (χ0n) is 14.3. The molecule has 0 radical (unpaired) electrons. The lowest BCUT2D eigenvalue weighted by Gasteiger charge is -2.27. The van der Waals surface area contributed by atoms with Crippen molar-refractivity contribution in [3.05, 3.63) is 65.7 Å². The highest BCUT2D eigenvalue weighted by Crippen LogP contribution is 2.21. The number of amides is 1. The van der Waals surface area contributed by atoms with Crippen LogP contribution in [-0.2, 0) is 17.8 Å². The molecule has 2 aromatic carbocycles. The van der Waals surface area contributed by atoms with Crippen molar-refractivity contribution in [3.63, 3.8) is 0 Å². The monoisotopic (exact) mass is 348 g/mol. The molecule has 0 spiro atoms. The van der Waals surface area contributed by atoms with Gasteiger partial charge in [0.1, 0.15) is 6.54 Å². The zero-order chi connectivity index (χ0) is 17.8. The van der Waals surface area contributed by atoms with Gasteiger partial charge >= 0.3 is 0 Å². The number of hydrogen-bond donors (Lipinski definition) is 2. The highest BCUT2D eigenvalue weighted by Gasteiger charge is 2.19. The van der Waals surface area contributed by atoms with Crippen LogP contribution in [0.2, 0.25) is 0 Å². The summed E-state index contributed by atoms with van der Waals surface area (Å²) in [5.41, 5.74) is 3.47. The van der Waals surface area contributed by atoms with E-state index >= 15 is 0 Å². The molecule has 4 rings (SSSR count). The fourth-order valence-electron chi connectivity index (χ4n) is 3.19. The normalized spacial score (nSPS) is 16.1. The number of carbonyl (C=O) groups excluding carboxylic acids is 1. The summed E-state index contributed by atoms with van der Waals surface area (Å²) in [5, 5.41) is 18.7. The van der Waals surface area contributed by atoms with Gasteiger partial charge in [0.15, 0.2) is 0 Å². The van der Waals surface area contributed by atoms with Crippen molar-refractivity contribution in [2.24, 2.45) is 0 Å². The largest absolute Gasteiger partial charge is 0.353 e. The van der Waals surface area contributed by atoms with Gasteiger partial charge in [0, 0.05) is 18.2 Å². The third-order valence-corrected chi connectivity index (χ3v) is 4.49. The minimum absolute atomic E-state index is 0.0498. The minimum atomic E-state index is -0.133. The molecule has 1 aliphatic heterocycles. The van der Waals surface area contributed by atoms with E-state index in [4.69, 9.17) is 0 Å². The Bertz CT molecular complexity index is 892. The number of nitrogens with one attached hydrogen (secondary N) is 2. The van der Waals surface area contributed by atoms with Crippen molar-refractivity contribution in [2.75, 3.05) is 13.1 Å². The van der Waals surface area contributed by atoms with Crippen LogP contribution in [0.5, 0.6) is 0 Å². The van der Waals surface area contributed by atoms with Gasteiger partial charge in [0.2, 0.25) is 11.7 Å². The highest BCUT2D eigenvalue weighted by molar-refractivity contribution is 5.75. The van der Waals surface area contributed by atoms with Gasteiger partial charge in [-0.05, 0) is 29.3 Å². The predicted molar refractivity (Wildman–Crippen MR) is 97.2 cm³/mol. The van der Waals surface area contributed by atoms with Gasteiger partial charge in [-0.15, -0.1) is 10.2 Å². The van der Waals surface area contributed by atoms with Crippen molar-refractivity contribution in [3.8, 4) is 11.4 Å². The van der Waals surface area contributed by atoms with E-state index in [9.17, 15) is 4.79 Å². The van der Waals surface area contributed by atoms with Crippen LogP contribution in [-0.4, -0.2) is 39.2 Å². The lowest BCUT2D eigenvalue weighted by atomic mass is 9.94. The molecule has 0 saturated carbocycles. The number of benzene rings is 2. The van der Waals surface area contributed by atoms with Crippen molar-refractivity contribution in [2.45, 2.75) is 19.0 Å². The van der Waals surface area contributed by atoms with Crippen LogP contribution in [0.25, 0.3) is 11.4 Å². The standard InChI is InChI=1S/C19H20N6O/c26-18(13-25-23-19(22-24-25)15-7-2-1-3-8-15)21-12-17-16-9-5-4-6-14(16)10-11-20-17/h1-9,17,20H,10-13H2,(H,21,26). The molecule has 1 aliphatic rings. The zero-order valence-corrected chi connectivity index (χ0v) is 14.3. The molecule has 2 N–H and O–H groups in total. The molecular weight excluding hydrogens is 328 g/mol. The Morgan fingerprint density at radius 1 is 1.15 bits per heavy atom. The molecule has 7 heteroatoms. The van der Waals surface area contributed by atoms with E-state index in [1.807, 2.05) is 36.4 Å². The lowest BCUT2D eigenvalue weighted by molar-refractivity contribution is -0.122. The van der Waals surface area contributed by atoms with Gasteiger partial charge < -0.3 is 10.6 Å². The highest BCUT2D eigenvalue weighted by atomic mass is 16.2. The smallest absolute Gasteiger partial charge is 0.243 e. The van der Waals surface area contributed by atoms with Crippen LogP contribution in [0.15, 0.2) is 54.6 Å². The molecule has 26 heavy (non-hydrogen) atoms. The van der Waals surface area contributed by atoms with E-state index in [1.165, 1.54) is 15.9 Å². The number of aromatic nitrogens is 4. The fraction of sp³-hybridized carbons (Fsp3) is 0.263. The first-order valence-corrected chi connectivity index (χ1v) is 8.71. The Kier molecular flexibility index (Phi) is 4.70. The number of carbonyl (C=O) groups is 1. The summed E-state index contributed by atoms with van der Waals surface area (Å²) in [7, 11) is 0. The van der Waals surface area contributed by atoms with Gasteiger partial charge in [-0.3, -0.25) is 4.79 Å². The maximum absolute atomic E-state index is 12.2. The predicted octanol–water partition coefficient (Wildman–Crippen LogP) is 1.34. The number of hydrogen-bond acceptors (Lipinski definition) is 5. The fourth-order valence-corrected chi connectivity index (χ4v) is 3.19. The van der Waals surface area contributed by atoms with Gasteiger partial charge in [-0.25, -0.2) is 0 Å². The molecule has 1 unspecified atom stereocenters. The molecule has 132 valence electrons. The van der Waals surface area contributed by atoms with E-state index in [0.717, 1.165) is 18.5 Å². The molecule has 0 aliphatic carbocycles. The Morgan fingerprint density at radius 3 is 2.85 bits per heavy atom. The van der Waals surface area contributed by atoms with E-state index in [2.05, 4.69) is 44.2 Å². The van der Waals surface area contributed by atoms with Crippen molar-refractivity contribution in [1.29, 1.82) is 0 Å². The maximum atomic E-state index is 12.2. The van der Waals surface area contributed by atoms with Crippen LogP contribution >= 0.6 is 0 Å². The summed E-state index contributed by atoms with van der Waals surface area (Å²) in [6, 6.07) is 18.1. The van der Waals surface area contributed by atoms with E-state index < -0.39 is 0 Å². The third kappa shape index (κ3) is 3.62. The second kappa shape index (κ2) is 7.45. The first kappa shape index (κ1) is 16.4. The first-order chi connectivity index (χ1) is 12.8. The minimum Gasteiger partial charge on any atom is -0.353 e. The van der Waals surface area contributed by atoms with Crippen LogP contribution in [0.3, 0.4) is 0 Å². The molecule has 0 bridgehead atoms. The Hall–Kier alpha value is -3.06. The lowest BCUT2D eigenvalue weighted by Crippen LogP contribution is -2.40. The molecular formula is C19H20N6O. The Labute approximate surface area is 151 Å². The summed E-state index contributed by atoms with van der Waals surface area (Å²) in [6.45, 7) is 1.51. The average molecular weight is 348 g/mol. The van der Waals surface area contributed by atoms with Crippen molar-refractivity contribution < 1.29 is 4.79 Å². The van der Waals surface area contributed by atoms with E-state index in [0.29, 0.717) is 12.4 Å². The van der Waals surface area contributed by atoms with Gasteiger partial charge in [-0.1, -0.05) is 54.6 Å². The number of rotatable bonds is 5. The maximum Gasteiger partial charge on any atom is 0.243 e. The molecule has 2 heterocycles. The van der Waals surface area contributed by atoms with E-state index in [1.54, 1.807) is 0 Å². The van der Waals surface area contributed by atoms with Crippen molar-refractivity contribution in [1.82, 2.24) is 30.8 Å². The second-order valence-electron chi connectivity index (χ2n) is 6.27. The molecule has 0 saturated heterocycles. The van der Waals surface area contributed by atoms with Crippen LogP contribution in [0, 0.1) is 0 Å². The summed E-state index contributed by atoms with van der Waals surface area (Å²) >= 11 is 0. The van der Waals surface area contributed by atoms with Crippen molar-refractivity contribution >= 4 is 5.91 Å². The first-order valence-electron chi connectivity index (χ1n) is 8.71. The Morgan fingerprint density at radius 2 is 1.96 bits per heavy atom.